The van der Waals surface area contributed by atoms with Crippen LogP contribution >= 0.6 is 0 Å². The van der Waals surface area contributed by atoms with Crippen molar-refractivity contribution in [3.05, 3.63) is 29.8 Å². The van der Waals surface area contributed by atoms with Crippen molar-refractivity contribution >= 4 is 5.69 Å². The molecule has 0 aliphatic carbocycles. The molecule has 2 N–H and O–H groups in total. The number of para-hydroxylation sites is 1. The summed E-state index contributed by atoms with van der Waals surface area (Å²) in [6, 6.07) is 8.06. The van der Waals surface area contributed by atoms with Gasteiger partial charge >= 0.3 is 0 Å². The van der Waals surface area contributed by atoms with Crippen LogP contribution in [0, 0.1) is 0 Å². The zero-order valence-electron chi connectivity index (χ0n) is 12.1. The highest BCUT2D eigenvalue weighted by Gasteiger charge is 2.06. The van der Waals surface area contributed by atoms with Crippen LogP contribution in [0.5, 0.6) is 0 Å². The zero-order chi connectivity index (χ0) is 13.9. The highest BCUT2D eigenvalue weighted by molar-refractivity contribution is 5.46. The number of benzene rings is 1. The average molecular weight is 266 g/mol. The van der Waals surface area contributed by atoms with E-state index in [1.54, 1.807) is 14.2 Å². The molecule has 0 heterocycles. The van der Waals surface area contributed by atoms with E-state index in [2.05, 4.69) is 11.0 Å². The third-order valence-electron chi connectivity index (χ3n) is 3.19. The number of anilines is 1. The summed E-state index contributed by atoms with van der Waals surface area (Å²) in [4.78, 5) is 2.40. The lowest BCUT2D eigenvalue weighted by Gasteiger charge is -2.22. The van der Waals surface area contributed by atoms with Crippen LogP contribution in [0.3, 0.4) is 0 Å². The summed E-state index contributed by atoms with van der Waals surface area (Å²) in [6.45, 7) is 4.55. The zero-order valence-corrected chi connectivity index (χ0v) is 12.1. The largest absolute Gasteiger partial charge is 0.399 e. The molecule has 4 heteroatoms. The maximum atomic E-state index is 5.97. The van der Waals surface area contributed by atoms with Crippen molar-refractivity contribution in [2.24, 2.45) is 0 Å². The van der Waals surface area contributed by atoms with Gasteiger partial charge in [-0.1, -0.05) is 18.2 Å². The van der Waals surface area contributed by atoms with Gasteiger partial charge in [-0.05, 0) is 24.5 Å². The van der Waals surface area contributed by atoms with Gasteiger partial charge in [0.25, 0.3) is 0 Å². The lowest BCUT2D eigenvalue weighted by atomic mass is 10.1. The molecular formula is C15H26N2O2. The Morgan fingerprint density at radius 3 is 2.42 bits per heavy atom. The van der Waals surface area contributed by atoms with E-state index >= 15 is 0 Å². The van der Waals surface area contributed by atoms with Crippen molar-refractivity contribution in [2.45, 2.75) is 12.8 Å². The van der Waals surface area contributed by atoms with Crippen molar-refractivity contribution in [2.75, 3.05) is 52.8 Å². The van der Waals surface area contributed by atoms with Crippen molar-refractivity contribution in [1.29, 1.82) is 0 Å². The van der Waals surface area contributed by atoms with Crippen LogP contribution in [-0.4, -0.2) is 52.0 Å². The number of nitrogen functional groups attached to an aromatic ring is 1. The molecule has 0 bridgehead atoms. The molecular weight excluding hydrogens is 240 g/mol. The minimum absolute atomic E-state index is 0.761. The second-order valence-electron chi connectivity index (χ2n) is 4.63. The van der Waals surface area contributed by atoms with Gasteiger partial charge in [0.05, 0.1) is 6.61 Å². The second kappa shape index (κ2) is 9.78. The second-order valence-corrected chi connectivity index (χ2v) is 4.63. The summed E-state index contributed by atoms with van der Waals surface area (Å²) >= 11 is 0. The Labute approximate surface area is 116 Å². The van der Waals surface area contributed by atoms with Gasteiger partial charge in [-0.3, -0.25) is 0 Å². The van der Waals surface area contributed by atoms with E-state index in [4.69, 9.17) is 15.2 Å². The number of hydrogen-bond donors (Lipinski definition) is 1. The number of nitrogens with two attached hydrogens (primary N) is 1. The Morgan fingerprint density at radius 1 is 1.00 bits per heavy atom. The third-order valence-corrected chi connectivity index (χ3v) is 3.19. The van der Waals surface area contributed by atoms with Crippen LogP contribution in [0.1, 0.15) is 12.0 Å². The first-order chi connectivity index (χ1) is 9.27. The summed E-state index contributed by atoms with van der Waals surface area (Å²) in [6.07, 6.45) is 2.02. The summed E-state index contributed by atoms with van der Waals surface area (Å²) in [5.41, 5.74) is 8.07. The third kappa shape index (κ3) is 6.57. The van der Waals surface area contributed by atoms with Gasteiger partial charge in [-0.2, -0.15) is 0 Å². The summed E-state index contributed by atoms with van der Waals surface area (Å²) < 4.78 is 10.3. The van der Waals surface area contributed by atoms with Crippen LogP contribution in [0.2, 0.25) is 0 Å². The maximum Gasteiger partial charge on any atom is 0.0589 e. The Kier molecular flexibility index (Phi) is 8.21. The minimum Gasteiger partial charge on any atom is -0.399 e. The minimum atomic E-state index is 0.761. The van der Waals surface area contributed by atoms with E-state index in [0.717, 1.165) is 51.4 Å². The number of nitrogens with zero attached hydrogens (tertiary/aromatic N) is 1. The van der Waals surface area contributed by atoms with E-state index in [-0.39, 0.29) is 0 Å². The average Bonchev–Trinajstić information content (AvgIpc) is 2.43. The Morgan fingerprint density at radius 2 is 1.74 bits per heavy atom. The highest BCUT2D eigenvalue weighted by atomic mass is 16.5. The van der Waals surface area contributed by atoms with E-state index in [9.17, 15) is 0 Å². The molecule has 4 nitrogen and oxygen atoms in total. The van der Waals surface area contributed by atoms with Crippen LogP contribution in [0.4, 0.5) is 5.69 Å². The van der Waals surface area contributed by atoms with E-state index in [1.807, 2.05) is 18.2 Å². The van der Waals surface area contributed by atoms with Crippen LogP contribution < -0.4 is 5.73 Å². The fourth-order valence-corrected chi connectivity index (χ4v) is 2.03. The van der Waals surface area contributed by atoms with Gasteiger partial charge in [-0.15, -0.1) is 0 Å². The molecule has 0 saturated heterocycles. The first-order valence-corrected chi connectivity index (χ1v) is 6.81. The number of ether oxygens (including phenoxy) is 2. The molecule has 1 aromatic carbocycles. The molecule has 0 atom stereocenters. The topological polar surface area (TPSA) is 47.7 Å². The monoisotopic (exact) mass is 266 g/mol. The summed E-state index contributed by atoms with van der Waals surface area (Å²) in [7, 11) is 3.48. The van der Waals surface area contributed by atoms with Gasteiger partial charge in [0, 0.05) is 46.1 Å². The van der Waals surface area contributed by atoms with E-state index < -0.39 is 0 Å². The fourth-order valence-electron chi connectivity index (χ4n) is 2.03. The molecule has 108 valence electrons. The van der Waals surface area contributed by atoms with Gasteiger partial charge in [0.1, 0.15) is 0 Å². The van der Waals surface area contributed by atoms with Gasteiger partial charge < -0.3 is 20.1 Å². The van der Waals surface area contributed by atoms with Crippen molar-refractivity contribution < 1.29 is 9.47 Å². The van der Waals surface area contributed by atoms with Crippen LogP contribution in [0.25, 0.3) is 0 Å². The van der Waals surface area contributed by atoms with Gasteiger partial charge in [-0.25, -0.2) is 0 Å². The predicted octanol–water partition coefficient (Wildman–Crippen LogP) is 1.80. The van der Waals surface area contributed by atoms with Crippen LogP contribution in [0.15, 0.2) is 24.3 Å². The first-order valence-electron chi connectivity index (χ1n) is 6.81. The van der Waals surface area contributed by atoms with Crippen molar-refractivity contribution in [3.8, 4) is 0 Å². The van der Waals surface area contributed by atoms with Crippen molar-refractivity contribution in [1.82, 2.24) is 4.90 Å². The smallest absolute Gasteiger partial charge is 0.0589 e. The van der Waals surface area contributed by atoms with E-state index in [1.165, 1.54) is 5.56 Å². The highest BCUT2D eigenvalue weighted by Crippen LogP contribution is 2.11. The first kappa shape index (κ1) is 16.0. The number of rotatable bonds is 10. The standard InChI is InChI=1S/C15H26N2O2/c1-18-12-5-9-17(11-13-19-2)10-8-14-6-3-4-7-15(14)16/h3-4,6-7H,5,8-13,16H2,1-2H3. The van der Waals surface area contributed by atoms with Gasteiger partial charge in [0.15, 0.2) is 0 Å². The maximum absolute atomic E-state index is 5.97. The lowest BCUT2D eigenvalue weighted by Crippen LogP contribution is -2.31. The molecule has 0 saturated carbocycles. The predicted molar refractivity (Wildman–Crippen MR) is 79.4 cm³/mol. The molecule has 0 amide bonds. The summed E-state index contributed by atoms with van der Waals surface area (Å²) in [5, 5.41) is 0. The molecule has 0 aromatic heterocycles. The molecule has 0 spiro atoms. The number of hydrogen-bond acceptors (Lipinski definition) is 4. The molecule has 0 aliphatic heterocycles. The quantitative estimate of drug-likeness (QED) is 0.518. The van der Waals surface area contributed by atoms with Crippen LogP contribution in [-0.2, 0) is 15.9 Å². The SMILES string of the molecule is COCCCN(CCOC)CCc1ccccc1N. The van der Waals surface area contributed by atoms with E-state index in [0.29, 0.717) is 0 Å². The molecule has 0 aliphatic rings. The molecule has 0 radical (unpaired) electrons. The normalized spacial score (nSPS) is 11.1. The Bertz CT molecular complexity index is 345. The summed E-state index contributed by atoms with van der Waals surface area (Å²) in [5.74, 6) is 0. The number of methoxy groups -OCH3 is 2. The lowest BCUT2D eigenvalue weighted by molar-refractivity contribution is 0.133. The molecule has 0 fully saturated rings. The Hall–Kier alpha value is -1.10. The van der Waals surface area contributed by atoms with Crippen molar-refractivity contribution in [3.63, 3.8) is 0 Å². The molecule has 1 rings (SSSR count). The van der Waals surface area contributed by atoms with Gasteiger partial charge in [0.2, 0.25) is 0 Å². The molecule has 0 unspecified atom stereocenters. The molecule has 19 heavy (non-hydrogen) atoms. The fraction of sp³-hybridized carbons (Fsp3) is 0.600. The molecule has 1 aromatic rings. The Balaban J connectivity index is 2.40.